The van der Waals surface area contributed by atoms with Gasteiger partial charge in [0.05, 0.1) is 32.3 Å². The Morgan fingerprint density at radius 2 is 2.15 bits per heavy atom. The van der Waals surface area contributed by atoms with Crippen molar-refractivity contribution in [2.75, 3.05) is 11.1 Å². The number of aromatic nitrogens is 1. The number of thiazole rings is 1. The number of para-hydroxylation sites is 1. The van der Waals surface area contributed by atoms with Gasteiger partial charge in [-0.2, -0.15) is 0 Å². The van der Waals surface area contributed by atoms with Gasteiger partial charge in [0.25, 0.3) is 0 Å². The second kappa shape index (κ2) is 5.03. The number of halogens is 2. The quantitative estimate of drug-likeness (QED) is 0.650. The fourth-order valence-electron chi connectivity index (χ4n) is 1.96. The van der Waals surface area contributed by atoms with Crippen LogP contribution in [0.15, 0.2) is 34.8 Å². The first-order chi connectivity index (χ1) is 9.54. The van der Waals surface area contributed by atoms with Gasteiger partial charge in [0.1, 0.15) is 5.82 Å². The fourth-order valence-corrected chi connectivity index (χ4v) is 3.26. The number of nitrogen functional groups attached to an aromatic ring is 1. The maximum Gasteiger partial charge on any atom is 0.147 e. The van der Waals surface area contributed by atoms with Crippen LogP contribution in [-0.2, 0) is 0 Å². The zero-order valence-corrected chi connectivity index (χ0v) is 13.0. The number of rotatable bonds is 2. The average Bonchev–Trinajstić information content (AvgIpc) is 2.73. The molecule has 0 bridgehead atoms. The van der Waals surface area contributed by atoms with E-state index in [9.17, 15) is 4.39 Å². The molecule has 3 N–H and O–H groups in total. The van der Waals surface area contributed by atoms with Crippen LogP contribution in [0.1, 0.15) is 5.01 Å². The summed E-state index contributed by atoms with van der Waals surface area (Å²) in [7, 11) is 0. The van der Waals surface area contributed by atoms with Crippen LogP contribution >= 0.6 is 27.3 Å². The summed E-state index contributed by atoms with van der Waals surface area (Å²) in [6, 6.07) is 8.51. The van der Waals surface area contributed by atoms with Gasteiger partial charge in [0.2, 0.25) is 0 Å². The predicted octanol–water partition coefficient (Wildman–Crippen LogP) is 4.83. The third-order valence-corrected chi connectivity index (χ3v) is 4.48. The van der Waals surface area contributed by atoms with E-state index in [-0.39, 0.29) is 5.82 Å². The molecule has 6 heteroatoms. The molecule has 0 spiro atoms. The summed E-state index contributed by atoms with van der Waals surface area (Å²) in [5.41, 5.74) is 8.46. The lowest BCUT2D eigenvalue weighted by atomic mass is 10.2. The third kappa shape index (κ3) is 2.36. The van der Waals surface area contributed by atoms with E-state index >= 15 is 0 Å². The number of aryl methyl sites for hydroxylation is 1. The van der Waals surface area contributed by atoms with Crippen molar-refractivity contribution < 1.29 is 4.39 Å². The first kappa shape index (κ1) is 13.3. The molecule has 3 aromatic rings. The van der Waals surface area contributed by atoms with Crippen LogP contribution in [0.5, 0.6) is 0 Å². The third-order valence-electron chi connectivity index (χ3n) is 2.89. The number of nitrogens with two attached hydrogens (primary N) is 1. The Balaban J connectivity index is 2.08. The number of nitrogens with one attached hydrogen (secondary N) is 1. The summed E-state index contributed by atoms with van der Waals surface area (Å²) in [4.78, 5) is 4.42. The van der Waals surface area contributed by atoms with Crippen molar-refractivity contribution in [3.05, 3.63) is 45.6 Å². The summed E-state index contributed by atoms with van der Waals surface area (Å²) in [6.45, 7) is 1.95. The number of hydrogen-bond acceptors (Lipinski definition) is 4. The minimum atomic E-state index is -0.340. The van der Waals surface area contributed by atoms with Gasteiger partial charge in [-0.05, 0) is 47.1 Å². The molecule has 1 heterocycles. The van der Waals surface area contributed by atoms with Crippen LogP contribution in [0.3, 0.4) is 0 Å². The van der Waals surface area contributed by atoms with Gasteiger partial charge < -0.3 is 11.1 Å². The molecular weight excluding hydrogens is 341 g/mol. The van der Waals surface area contributed by atoms with Gasteiger partial charge in [-0.3, -0.25) is 0 Å². The van der Waals surface area contributed by atoms with Crippen molar-refractivity contribution in [1.82, 2.24) is 4.98 Å². The number of fused-ring (bicyclic) bond motifs is 1. The molecule has 0 radical (unpaired) electrons. The summed E-state index contributed by atoms with van der Waals surface area (Å²) in [6.07, 6.45) is 0. The molecule has 0 aliphatic rings. The van der Waals surface area contributed by atoms with Gasteiger partial charge in [0, 0.05) is 4.47 Å². The monoisotopic (exact) mass is 351 g/mol. The van der Waals surface area contributed by atoms with Crippen molar-refractivity contribution >= 4 is 54.5 Å². The van der Waals surface area contributed by atoms with Crippen molar-refractivity contribution in [1.29, 1.82) is 0 Å². The van der Waals surface area contributed by atoms with E-state index in [0.29, 0.717) is 21.5 Å². The smallest absolute Gasteiger partial charge is 0.147 e. The predicted molar refractivity (Wildman–Crippen MR) is 86.2 cm³/mol. The fraction of sp³-hybridized carbons (Fsp3) is 0.0714. The van der Waals surface area contributed by atoms with Crippen LogP contribution in [0.2, 0.25) is 0 Å². The molecule has 0 aliphatic heterocycles. The Labute approximate surface area is 127 Å². The number of anilines is 3. The second-order valence-electron chi connectivity index (χ2n) is 4.36. The van der Waals surface area contributed by atoms with Crippen LogP contribution < -0.4 is 11.1 Å². The molecule has 0 unspecified atom stereocenters. The molecule has 0 amide bonds. The Morgan fingerprint density at radius 1 is 1.35 bits per heavy atom. The lowest BCUT2D eigenvalue weighted by Crippen LogP contribution is -1.99. The van der Waals surface area contributed by atoms with Gasteiger partial charge in [-0.25, -0.2) is 9.37 Å². The van der Waals surface area contributed by atoms with Crippen LogP contribution in [0, 0.1) is 12.7 Å². The van der Waals surface area contributed by atoms with E-state index in [1.165, 1.54) is 6.07 Å². The molecule has 102 valence electrons. The molecule has 0 saturated carbocycles. The molecule has 3 rings (SSSR count). The Bertz CT molecular complexity index is 780. The van der Waals surface area contributed by atoms with Crippen molar-refractivity contribution in [3.8, 4) is 0 Å². The van der Waals surface area contributed by atoms with E-state index in [4.69, 9.17) is 5.73 Å². The lowest BCUT2D eigenvalue weighted by Gasteiger charge is -2.11. The zero-order valence-electron chi connectivity index (χ0n) is 10.6. The van der Waals surface area contributed by atoms with Crippen molar-refractivity contribution in [2.24, 2.45) is 0 Å². The van der Waals surface area contributed by atoms with Gasteiger partial charge in [-0.1, -0.05) is 6.07 Å². The van der Waals surface area contributed by atoms with E-state index in [2.05, 4.69) is 26.2 Å². The first-order valence-corrected chi connectivity index (χ1v) is 7.53. The zero-order chi connectivity index (χ0) is 14.3. The minimum absolute atomic E-state index is 0.340. The van der Waals surface area contributed by atoms with Crippen molar-refractivity contribution in [3.63, 3.8) is 0 Å². The summed E-state index contributed by atoms with van der Waals surface area (Å²) in [5, 5.41) is 4.00. The largest absolute Gasteiger partial charge is 0.397 e. The Kier molecular flexibility index (Phi) is 3.35. The van der Waals surface area contributed by atoms with E-state index in [1.54, 1.807) is 23.5 Å². The number of benzene rings is 2. The highest BCUT2D eigenvalue weighted by Crippen LogP contribution is 2.34. The van der Waals surface area contributed by atoms with Gasteiger partial charge in [0.15, 0.2) is 0 Å². The van der Waals surface area contributed by atoms with Gasteiger partial charge >= 0.3 is 0 Å². The average molecular weight is 352 g/mol. The maximum absolute atomic E-state index is 13.8. The highest BCUT2D eigenvalue weighted by atomic mass is 79.9. The molecule has 0 aliphatic carbocycles. The summed E-state index contributed by atoms with van der Waals surface area (Å²) >= 11 is 4.91. The standard InChI is InChI=1S/C14H11BrFN3S/c1-7-18-12-6-11(10(17)5-13(12)20-7)19-14-8(15)3-2-4-9(14)16/h2-6,19H,17H2,1H3. The molecule has 1 aromatic heterocycles. The SMILES string of the molecule is Cc1nc2cc(Nc3c(F)cccc3Br)c(N)cc2s1. The van der Waals surface area contributed by atoms with Crippen LogP contribution in [0.25, 0.3) is 10.2 Å². The second-order valence-corrected chi connectivity index (χ2v) is 6.45. The molecule has 0 atom stereocenters. The molecule has 0 saturated heterocycles. The molecule has 2 aromatic carbocycles. The maximum atomic E-state index is 13.8. The topological polar surface area (TPSA) is 50.9 Å². The Morgan fingerprint density at radius 3 is 2.90 bits per heavy atom. The lowest BCUT2D eigenvalue weighted by molar-refractivity contribution is 0.631. The van der Waals surface area contributed by atoms with Crippen molar-refractivity contribution in [2.45, 2.75) is 6.92 Å². The van der Waals surface area contributed by atoms with Gasteiger partial charge in [-0.15, -0.1) is 11.3 Å². The van der Waals surface area contributed by atoms with Crippen LogP contribution in [-0.4, -0.2) is 4.98 Å². The van der Waals surface area contributed by atoms with E-state index in [1.807, 2.05) is 19.1 Å². The molecule has 0 fully saturated rings. The first-order valence-electron chi connectivity index (χ1n) is 5.92. The highest BCUT2D eigenvalue weighted by molar-refractivity contribution is 9.10. The molecule has 3 nitrogen and oxygen atoms in total. The normalized spacial score (nSPS) is 10.9. The molecular formula is C14H11BrFN3S. The minimum Gasteiger partial charge on any atom is -0.397 e. The van der Waals surface area contributed by atoms with Crippen LogP contribution in [0.4, 0.5) is 21.5 Å². The van der Waals surface area contributed by atoms with E-state index in [0.717, 1.165) is 15.2 Å². The molecule has 20 heavy (non-hydrogen) atoms. The summed E-state index contributed by atoms with van der Waals surface area (Å²) in [5.74, 6) is -0.340. The summed E-state index contributed by atoms with van der Waals surface area (Å²) < 4.78 is 15.5. The Hall–Kier alpha value is -1.66. The number of hydrogen-bond donors (Lipinski definition) is 2. The highest BCUT2D eigenvalue weighted by Gasteiger charge is 2.11. The number of nitrogens with zero attached hydrogens (tertiary/aromatic N) is 1. The van der Waals surface area contributed by atoms with E-state index < -0.39 is 0 Å².